The van der Waals surface area contributed by atoms with Crippen LogP contribution in [-0.4, -0.2) is 51.9 Å². The lowest BCUT2D eigenvalue weighted by Gasteiger charge is -2.33. The van der Waals surface area contributed by atoms with Gasteiger partial charge in [-0.15, -0.1) is 0 Å². The van der Waals surface area contributed by atoms with Gasteiger partial charge in [-0.3, -0.25) is 13.9 Å². The third-order valence-corrected chi connectivity index (χ3v) is 9.30. The molecule has 0 saturated carbocycles. The minimum Gasteiger partial charge on any atom is -0.497 e. The van der Waals surface area contributed by atoms with E-state index in [1.165, 1.54) is 49.4 Å². The summed E-state index contributed by atoms with van der Waals surface area (Å²) in [5, 5.41) is 2.98. The molecule has 0 unspecified atom stereocenters. The second-order valence-corrected chi connectivity index (χ2v) is 12.9. The van der Waals surface area contributed by atoms with Gasteiger partial charge in [-0.1, -0.05) is 76.1 Å². The molecule has 0 fully saturated rings. The topological polar surface area (TPSA) is 96.0 Å². The first-order valence-electron chi connectivity index (χ1n) is 13.3. The molecule has 224 valence electrons. The maximum Gasteiger partial charge on any atom is 0.264 e. The zero-order chi connectivity index (χ0) is 31.0. The third-order valence-electron chi connectivity index (χ3n) is 6.78. The number of hydrogen-bond acceptors (Lipinski definition) is 5. The molecule has 0 aromatic heterocycles. The van der Waals surface area contributed by atoms with E-state index in [1.54, 1.807) is 18.2 Å². The Balaban J connectivity index is 1.79. The molecule has 0 saturated heterocycles. The highest BCUT2D eigenvalue weighted by Crippen LogP contribution is 2.28. The van der Waals surface area contributed by atoms with Crippen molar-refractivity contribution in [3.63, 3.8) is 0 Å². The summed E-state index contributed by atoms with van der Waals surface area (Å²) in [4.78, 5) is 29.0. The number of halogens is 2. The predicted octanol–water partition coefficient (Wildman–Crippen LogP) is 5.69. The summed E-state index contributed by atoms with van der Waals surface area (Å²) in [6, 6.07) is 28.0. The van der Waals surface area contributed by atoms with Gasteiger partial charge in [0.1, 0.15) is 18.3 Å². The molecule has 8 nitrogen and oxygen atoms in total. The van der Waals surface area contributed by atoms with Crippen molar-refractivity contribution in [3.05, 3.63) is 124 Å². The van der Waals surface area contributed by atoms with Crippen LogP contribution >= 0.6 is 27.5 Å². The minimum atomic E-state index is -4.25. The van der Waals surface area contributed by atoms with Crippen molar-refractivity contribution in [1.82, 2.24) is 10.2 Å². The van der Waals surface area contributed by atoms with E-state index in [-0.39, 0.29) is 29.5 Å². The van der Waals surface area contributed by atoms with Crippen LogP contribution in [-0.2, 0) is 32.6 Å². The molecule has 0 aliphatic carbocycles. The smallest absolute Gasteiger partial charge is 0.264 e. The number of ether oxygens (including phenoxy) is 1. The fraction of sp³-hybridized carbons (Fsp3) is 0.188. The molecular formula is C32H31BrClN3O5S. The van der Waals surface area contributed by atoms with Crippen LogP contribution in [0.2, 0.25) is 5.02 Å². The zero-order valence-corrected chi connectivity index (χ0v) is 26.8. The number of methoxy groups -OCH3 is 1. The summed E-state index contributed by atoms with van der Waals surface area (Å²) in [6.45, 7) is -0.514. The molecule has 0 heterocycles. The molecule has 43 heavy (non-hydrogen) atoms. The standard InChI is InChI=1S/C32H31BrClN3O5S/c1-35-32(39)30(19-23-8-4-3-5-9-23)36(21-24-10-6-11-25(33)18-24)31(38)22-37(27-13-7-12-26(34)20-27)43(40,41)29-16-14-28(42-2)15-17-29/h3-18,20,30H,19,21-22H2,1-2H3,(H,35,39)/t30-/m0/s1. The molecule has 0 aliphatic rings. The monoisotopic (exact) mass is 683 g/mol. The molecule has 4 rings (SSSR count). The van der Waals surface area contributed by atoms with Gasteiger partial charge in [-0.25, -0.2) is 8.42 Å². The SMILES string of the molecule is CNC(=O)[C@H](Cc1ccccc1)N(Cc1cccc(Br)c1)C(=O)CN(c1cccc(Cl)c1)S(=O)(=O)c1ccc(OC)cc1. The van der Waals surface area contributed by atoms with Gasteiger partial charge in [0.05, 0.1) is 17.7 Å². The molecule has 2 amide bonds. The number of nitrogens with zero attached hydrogens (tertiary/aromatic N) is 2. The predicted molar refractivity (Wildman–Crippen MR) is 172 cm³/mol. The molecule has 0 aliphatic heterocycles. The van der Waals surface area contributed by atoms with Crippen molar-refractivity contribution in [2.24, 2.45) is 0 Å². The highest BCUT2D eigenvalue weighted by molar-refractivity contribution is 9.10. The largest absolute Gasteiger partial charge is 0.497 e. The number of carbonyl (C=O) groups excluding carboxylic acids is 2. The van der Waals surface area contributed by atoms with Crippen molar-refractivity contribution in [2.75, 3.05) is 25.0 Å². The van der Waals surface area contributed by atoms with Crippen LogP contribution in [0.1, 0.15) is 11.1 Å². The maximum atomic E-state index is 14.3. The normalized spacial score (nSPS) is 11.8. The fourth-order valence-electron chi connectivity index (χ4n) is 4.59. The fourth-order valence-corrected chi connectivity index (χ4v) is 6.62. The molecular weight excluding hydrogens is 654 g/mol. The first-order chi connectivity index (χ1) is 20.6. The van der Waals surface area contributed by atoms with Gasteiger partial charge in [0.25, 0.3) is 10.0 Å². The lowest BCUT2D eigenvalue weighted by atomic mass is 10.0. The lowest BCUT2D eigenvalue weighted by molar-refractivity contribution is -0.139. The number of carbonyl (C=O) groups is 2. The number of amides is 2. The number of benzene rings is 4. The Bertz CT molecular complexity index is 1670. The highest BCUT2D eigenvalue weighted by atomic mass is 79.9. The summed E-state index contributed by atoms with van der Waals surface area (Å²) >= 11 is 9.73. The van der Waals surface area contributed by atoms with Crippen LogP contribution in [0.15, 0.2) is 112 Å². The average molecular weight is 685 g/mol. The Kier molecular flexibility index (Phi) is 10.8. The molecule has 0 spiro atoms. The number of anilines is 1. The second kappa shape index (κ2) is 14.5. The summed E-state index contributed by atoms with van der Waals surface area (Å²) in [5.74, 6) is -0.458. The number of sulfonamides is 1. The Morgan fingerprint density at radius 1 is 0.907 bits per heavy atom. The van der Waals surface area contributed by atoms with Crippen molar-refractivity contribution in [1.29, 1.82) is 0 Å². The molecule has 4 aromatic carbocycles. The summed E-state index contributed by atoms with van der Waals surface area (Å²) < 4.78 is 35.1. The van der Waals surface area contributed by atoms with Gasteiger partial charge in [-0.2, -0.15) is 0 Å². The Morgan fingerprint density at radius 2 is 1.58 bits per heavy atom. The van der Waals surface area contributed by atoms with E-state index in [4.69, 9.17) is 16.3 Å². The van der Waals surface area contributed by atoms with Crippen LogP contribution in [0.3, 0.4) is 0 Å². The molecule has 0 radical (unpaired) electrons. The van der Waals surface area contributed by atoms with E-state index in [0.29, 0.717) is 10.8 Å². The molecule has 4 aromatic rings. The minimum absolute atomic E-state index is 0.0354. The van der Waals surface area contributed by atoms with Gasteiger partial charge < -0.3 is 15.0 Å². The number of likely N-dealkylation sites (N-methyl/N-ethyl adjacent to an activating group) is 1. The summed E-state index contributed by atoms with van der Waals surface area (Å²) in [7, 11) is -1.26. The van der Waals surface area contributed by atoms with E-state index in [9.17, 15) is 18.0 Å². The third kappa shape index (κ3) is 8.16. The number of hydrogen-bond donors (Lipinski definition) is 1. The van der Waals surface area contributed by atoms with E-state index in [2.05, 4.69) is 21.2 Å². The average Bonchev–Trinajstić information content (AvgIpc) is 3.01. The van der Waals surface area contributed by atoms with E-state index < -0.39 is 28.5 Å². The van der Waals surface area contributed by atoms with E-state index in [0.717, 1.165) is 19.9 Å². The van der Waals surface area contributed by atoms with Crippen LogP contribution in [0, 0.1) is 0 Å². The maximum absolute atomic E-state index is 14.3. The van der Waals surface area contributed by atoms with Gasteiger partial charge in [0.2, 0.25) is 11.8 Å². The van der Waals surface area contributed by atoms with Crippen LogP contribution in [0.5, 0.6) is 5.75 Å². The quantitative estimate of drug-likeness (QED) is 0.207. The first-order valence-corrected chi connectivity index (χ1v) is 15.9. The van der Waals surface area contributed by atoms with Crippen LogP contribution in [0.4, 0.5) is 5.69 Å². The molecule has 1 atom stereocenters. The number of nitrogens with one attached hydrogen (secondary N) is 1. The second-order valence-electron chi connectivity index (χ2n) is 9.64. The highest BCUT2D eigenvalue weighted by Gasteiger charge is 2.34. The first kappa shape index (κ1) is 32.1. The van der Waals surface area contributed by atoms with E-state index >= 15 is 0 Å². The summed E-state index contributed by atoms with van der Waals surface area (Å²) in [6.07, 6.45) is 0.225. The van der Waals surface area contributed by atoms with Crippen molar-refractivity contribution in [3.8, 4) is 5.75 Å². The van der Waals surface area contributed by atoms with E-state index in [1.807, 2.05) is 54.6 Å². The molecule has 0 bridgehead atoms. The summed E-state index contributed by atoms with van der Waals surface area (Å²) in [5.41, 5.74) is 1.82. The molecule has 1 N–H and O–H groups in total. The van der Waals surface area contributed by atoms with Crippen molar-refractivity contribution in [2.45, 2.75) is 23.9 Å². The van der Waals surface area contributed by atoms with Gasteiger partial charge >= 0.3 is 0 Å². The van der Waals surface area contributed by atoms with Crippen molar-refractivity contribution < 1.29 is 22.7 Å². The van der Waals surface area contributed by atoms with Gasteiger partial charge in [-0.05, 0) is 65.7 Å². The van der Waals surface area contributed by atoms with Crippen LogP contribution < -0.4 is 14.4 Å². The Hall–Kier alpha value is -3.86. The zero-order valence-electron chi connectivity index (χ0n) is 23.6. The Labute approximate surface area is 265 Å². The lowest BCUT2D eigenvalue weighted by Crippen LogP contribution is -2.53. The number of rotatable bonds is 12. The Morgan fingerprint density at radius 3 is 2.21 bits per heavy atom. The van der Waals surface area contributed by atoms with Crippen molar-refractivity contribution >= 4 is 55.1 Å². The van der Waals surface area contributed by atoms with Gasteiger partial charge in [0.15, 0.2) is 0 Å². The van der Waals surface area contributed by atoms with Crippen LogP contribution in [0.25, 0.3) is 0 Å². The molecule has 11 heteroatoms. The van der Waals surface area contributed by atoms with Gasteiger partial charge in [0, 0.05) is 29.5 Å².